The number of ether oxygens (including phenoxy) is 1. The summed E-state index contributed by atoms with van der Waals surface area (Å²) in [7, 11) is 0. The van der Waals surface area contributed by atoms with Crippen LogP contribution in [0.2, 0.25) is 0 Å². The molecule has 0 amide bonds. The third-order valence-corrected chi connectivity index (χ3v) is 5.74. The van der Waals surface area contributed by atoms with Gasteiger partial charge in [-0.15, -0.1) is 0 Å². The van der Waals surface area contributed by atoms with Gasteiger partial charge in [0.25, 0.3) is 0 Å². The predicted octanol–water partition coefficient (Wildman–Crippen LogP) is 3.46. The van der Waals surface area contributed by atoms with Gasteiger partial charge < -0.3 is 4.74 Å². The first-order valence-electron chi connectivity index (χ1n) is 6.93. The third-order valence-electron chi connectivity index (χ3n) is 5.74. The van der Waals surface area contributed by atoms with Crippen LogP contribution in [-0.4, -0.2) is 12.1 Å². The molecule has 0 aromatic rings. The van der Waals surface area contributed by atoms with Crippen LogP contribution in [0.25, 0.3) is 0 Å². The minimum atomic E-state index is -0.0695. The van der Waals surface area contributed by atoms with E-state index in [4.69, 9.17) is 4.74 Å². The highest BCUT2D eigenvalue weighted by Crippen LogP contribution is 2.56. The maximum atomic E-state index is 11.7. The van der Waals surface area contributed by atoms with Gasteiger partial charge in [-0.25, -0.2) is 4.79 Å². The van der Waals surface area contributed by atoms with E-state index in [0.717, 1.165) is 30.3 Å². The molecular weight excluding hydrogens is 212 g/mol. The molecule has 3 aliphatic rings. The van der Waals surface area contributed by atoms with Crippen molar-refractivity contribution in [3.63, 3.8) is 0 Å². The van der Waals surface area contributed by atoms with Gasteiger partial charge in [0.1, 0.15) is 6.10 Å². The van der Waals surface area contributed by atoms with E-state index in [2.05, 4.69) is 13.8 Å². The van der Waals surface area contributed by atoms with E-state index in [9.17, 15) is 4.79 Å². The Hall–Kier alpha value is -0.790. The van der Waals surface area contributed by atoms with Crippen LogP contribution in [0.4, 0.5) is 0 Å². The molecule has 0 unspecified atom stereocenters. The zero-order valence-corrected chi connectivity index (χ0v) is 11.1. The Bertz CT molecular complexity index is 396. The summed E-state index contributed by atoms with van der Waals surface area (Å²) >= 11 is 0. The van der Waals surface area contributed by atoms with Crippen LogP contribution in [0.3, 0.4) is 0 Å². The smallest absolute Gasteiger partial charge is 0.334 e. The zero-order valence-electron chi connectivity index (χ0n) is 11.1. The first-order chi connectivity index (χ1) is 8.02. The summed E-state index contributed by atoms with van der Waals surface area (Å²) in [6.07, 6.45) is 6.28. The van der Waals surface area contributed by atoms with E-state index in [-0.39, 0.29) is 12.1 Å². The lowest BCUT2D eigenvalue weighted by Crippen LogP contribution is -2.44. The number of fused-ring (bicyclic) bond motifs is 2. The number of carbonyl (C=O) groups is 1. The predicted molar refractivity (Wildman–Crippen MR) is 66.4 cm³/mol. The van der Waals surface area contributed by atoms with Gasteiger partial charge in [-0.1, -0.05) is 26.7 Å². The minimum absolute atomic E-state index is 0.0695. The number of rotatable bonds is 0. The van der Waals surface area contributed by atoms with Crippen molar-refractivity contribution in [2.75, 3.05) is 0 Å². The zero-order chi connectivity index (χ0) is 12.2. The van der Waals surface area contributed by atoms with Gasteiger partial charge in [0.05, 0.1) is 0 Å². The monoisotopic (exact) mass is 234 g/mol. The fourth-order valence-corrected chi connectivity index (χ4v) is 4.20. The summed E-state index contributed by atoms with van der Waals surface area (Å²) in [5.74, 6) is 1.46. The van der Waals surface area contributed by atoms with Gasteiger partial charge in [0.15, 0.2) is 0 Å². The van der Waals surface area contributed by atoms with Gasteiger partial charge in [0, 0.05) is 5.57 Å². The molecule has 0 spiro atoms. The van der Waals surface area contributed by atoms with Crippen molar-refractivity contribution in [2.45, 2.75) is 59.0 Å². The Morgan fingerprint density at radius 2 is 2.12 bits per heavy atom. The summed E-state index contributed by atoms with van der Waals surface area (Å²) in [6.45, 7) is 6.76. The first-order valence-corrected chi connectivity index (χ1v) is 6.93. The van der Waals surface area contributed by atoms with Crippen LogP contribution in [-0.2, 0) is 9.53 Å². The lowest BCUT2D eigenvalue weighted by Gasteiger charge is -2.51. The lowest BCUT2D eigenvalue weighted by molar-refractivity contribution is -0.142. The van der Waals surface area contributed by atoms with Gasteiger partial charge in [-0.05, 0) is 49.0 Å². The van der Waals surface area contributed by atoms with Crippen LogP contribution in [0.5, 0.6) is 0 Å². The van der Waals surface area contributed by atoms with E-state index in [1.807, 2.05) is 6.92 Å². The number of carbonyl (C=O) groups excluding carboxylic acids is 1. The van der Waals surface area contributed by atoms with Crippen molar-refractivity contribution >= 4 is 5.97 Å². The van der Waals surface area contributed by atoms with Crippen molar-refractivity contribution in [1.29, 1.82) is 0 Å². The standard InChI is InChI=1S/C15H22O2/c1-9-5-4-6-11-7-13-12(8-15(9,11)3)10(2)14(16)17-13/h9,11,13H,4-8H2,1-3H3/t9-,11-,13+,15+/m0/s1. The van der Waals surface area contributed by atoms with E-state index < -0.39 is 0 Å². The van der Waals surface area contributed by atoms with Crippen molar-refractivity contribution in [2.24, 2.45) is 17.3 Å². The SMILES string of the molecule is CC1=C2C[C@@]3(C)[C@@H](CCC[C@@H]3C)C[C@H]2OC1=O. The van der Waals surface area contributed by atoms with Crippen LogP contribution < -0.4 is 0 Å². The van der Waals surface area contributed by atoms with E-state index >= 15 is 0 Å². The molecule has 3 rings (SSSR count). The number of hydrogen-bond acceptors (Lipinski definition) is 2. The third kappa shape index (κ3) is 1.49. The first kappa shape index (κ1) is 11.3. The molecule has 0 radical (unpaired) electrons. The molecule has 1 heterocycles. The molecule has 0 aromatic heterocycles. The topological polar surface area (TPSA) is 26.3 Å². The molecule has 0 bridgehead atoms. The van der Waals surface area contributed by atoms with Crippen molar-refractivity contribution in [3.05, 3.63) is 11.1 Å². The van der Waals surface area contributed by atoms with E-state index in [1.165, 1.54) is 24.8 Å². The second-order valence-corrected chi connectivity index (χ2v) is 6.49. The average Bonchev–Trinajstić information content (AvgIpc) is 2.55. The van der Waals surface area contributed by atoms with E-state index in [1.54, 1.807) is 0 Å². The maximum Gasteiger partial charge on any atom is 0.334 e. The van der Waals surface area contributed by atoms with Crippen molar-refractivity contribution in [1.82, 2.24) is 0 Å². The Balaban J connectivity index is 1.95. The minimum Gasteiger partial charge on any atom is -0.454 e. The summed E-state index contributed by atoms with van der Waals surface area (Å²) in [4.78, 5) is 11.7. The van der Waals surface area contributed by atoms with Gasteiger partial charge >= 0.3 is 5.97 Å². The molecule has 94 valence electrons. The Kier molecular flexibility index (Phi) is 2.39. The summed E-state index contributed by atoms with van der Waals surface area (Å²) in [5.41, 5.74) is 2.61. The molecule has 2 fully saturated rings. The maximum absolute atomic E-state index is 11.7. The Morgan fingerprint density at radius 3 is 2.88 bits per heavy atom. The Labute approximate surface area is 103 Å². The molecule has 17 heavy (non-hydrogen) atoms. The molecule has 0 N–H and O–H groups in total. The van der Waals surface area contributed by atoms with Crippen LogP contribution in [0.1, 0.15) is 52.9 Å². The highest BCUT2D eigenvalue weighted by Gasteiger charge is 2.50. The lowest BCUT2D eigenvalue weighted by atomic mass is 9.54. The summed E-state index contributed by atoms with van der Waals surface area (Å²) in [5, 5.41) is 0. The average molecular weight is 234 g/mol. The largest absolute Gasteiger partial charge is 0.454 e. The molecular formula is C15H22O2. The molecule has 0 aromatic carbocycles. The van der Waals surface area contributed by atoms with Gasteiger partial charge in [0.2, 0.25) is 0 Å². The van der Waals surface area contributed by atoms with Crippen LogP contribution >= 0.6 is 0 Å². The van der Waals surface area contributed by atoms with Crippen molar-refractivity contribution in [3.8, 4) is 0 Å². The van der Waals surface area contributed by atoms with Crippen molar-refractivity contribution < 1.29 is 9.53 Å². The molecule has 0 saturated heterocycles. The van der Waals surface area contributed by atoms with E-state index in [0.29, 0.717) is 5.41 Å². The summed E-state index contributed by atoms with van der Waals surface area (Å²) in [6, 6.07) is 0. The molecule has 2 nitrogen and oxygen atoms in total. The van der Waals surface area contributed by atoms with Gasteiger partial charge in [-0.2, -0.15) is 0 Å². The molecule has 4 atom stereocenters. The highest BCUT2D eigenvalue weighted by molar-refractivity contribution is 5.91. The van der Waals surface area contributed by atoms with Gasteiger partial charge in [-0.3, -0.25) is 0 Å². The highest BCUT2D eigenvalue weighted by atomic mass is 16.5. The molecule has 1 aliphatic heterocycles. The Morgan fingerprint density at radius 1 is 1.35 bits per heavy atom. The van der Waals surface area contributed by atoms with Crippen LogP contribution in [0, 0.1) is 17.3 Å². The normalized spacial score (nSPS) is 45.4. The second kappa shape index (κ2) is 3.60. The fourth-order valence-electron chi connectivity index (χ4n) is 4.20. The van der Waals surface area contributed by atoms with Crippen LogP contribution in [0.15, 0.2) is 11.1 Å². The molecule has 2 saturated carbocycles. The second-order valence-electron chi connectivity index (χ2n) is 6.49. The number of hydrogen-bond donors (Lipinski definition) is 0. The number of esters is 1. The molecule has 2 heteroatoms. The quantitative estimate of drug-likeness (QED) is 0.600. The summed E-state index contributed by atoms with van der Waals surface area (Å²) < 4.78 is 5.49. The fraction of sp³-hybridized carbons (Fsp3) is 0.800. The molecule has 2 aliphatic carbocycles.